The zero-order valence-corrected chi connectivity index (χ0v) is 22.2. The molecule has 212 valence electrons. The predicted molar refractivity (Wildman–Crippen MR) is 148 cm³/mol. The second-order valence-corrected chi connectivity index (χ2v) is 9.10. The number of carboxylic acids is 1. The van der Waals surface area contributed by atoms with E-state index in [-0.39, 0.29) is 37.5 Å². The van der Waals surface area contributed by atoms with Gasteiger partial charge in [0.15, 0.2) is 5.96 Å². The third-order valence-corrected chi connectivity index (χ3v) is 5.96. The number of hydrogen-bond donors (Lipinski definition) is 9. The van der Waals surface area contributed by atoms with E-state index in [4.69, 9.17) is 22.9 Å². The molecule has 4 unspecified atom stereocenters. The van der Waals surface area contributed by atoms with Crippen molar-refractivity contribution in [2.75, 3.05) is 18.8 Å². The summed E-state index contributed by atoms with van der Waals surface area (Å²) in [4.78, 5) is 54.0. The van der Waals surface area contributed by atoms with E-state index in [9.17, 15) is 24.3 Å². The van der Waals surface area contributed by atoms with Gasteiger partial charge >= 0.3 is 5.97 Å². The molecule has 13 nitrogen and oxygen atoms in total. The van der Waals surface area contributed by atoms with Crippen LogP contribution in [0.25, 0.3) is 0 Å². The summed E-state index contributed by atoms with van der Waals surface area (Å²) in [6.07, 6.45) is 2.00. The summed E-state index contributed by atoms with van der Waals surface area (Å²) in [6, 6.07) is 4.98. The summed E-state index contributed by atoms with van der Waals surface area (Å²) in [5, 5.41) is 17.1. The molecule has 38 heavy (non-hydrogen) atoms. The lowest BCUT2D eigenvalue weighted by atomic mass is 10.1. The van der Waals surface area contributed by atoms with Crippen LogP contribution in [0.5, 0.6) is 0 Å². The Balaban J connectivity index is 2.82. The van der Waals surface area contributed by atoms with Gasteiger partial charge in [0.1, 0.15) is 18.1 Å². The monoisotopic (exact) mass is 552 g/mol. The first-order valence-corrected chi connectivity index (χ1v) is 13.0. The Morgan fingerprint density at radius 3 is 2.03 bits per heavy atom. The van der Waals surface area contributed by atoms with Crippen molar-refractivity contribution in [2.24, 2.45) is 27.9 Å². The lowest BCUT2D eigenvalue weighted by Gasteiger charge is -2.24. The number of nitrogens with two attached hydrogens (primary N) is 4. The molecule has 1 aromatic carbocycles. The van der Waals surface area contributed by atoms with Crippen LogP contribution in [0, 0.1) is 0 Å². The van der Waals surface area contributed by atoms with Crippen LogP contribution in [0.4, 0.5) is 0 Å². The second kappa shape index (κ2) is 18.0. The largest absolute Gasteiger partial charge is 0.480 e. The van der Waals surface area contributed by atoms with Crippen molar-refractivity contribution >= 4 is 42.3 Å². The van der Waals surface area contributed by atoms with Crippen LogP contribution in [0.3, 0.4) is 0 Å². The van der Waals surface area contributed by atoms with Crippen LogP contribution >= 0.6 is 12.6 Å². The van der Waals surface area contributed by atoms with Crippen LogP contribution < -0.4 is 38.9 Å². The van der Waals surface area contributed by atoms with Crippen LogP contribution in [-0.2, 0) is 25.6 Å². The number of aliphatic imine (C=N–C) groups is 1. The number of amides is 3. The van der Waals surface area contributed by atoms with Gasteiger partial charge in [0.2, 0.25) is 17.7 Å². The molecule has 0 fully saturated rings. The molecule has 0 aliphatic heterocycles. The fourth-order valence-corrected chi connectivity index (χ4v) is 3.76. The zero-order chi connectivity index (χ0) is 28.5. The molecule has 0 saturated heterocycles. The minimum absolute atomic E-state index is 0.0463. The Morgan fingerprint density at radius 1 is 0.868 bits per heavy atom. The quantitative estimate of drug-likeness (QED) is 0.0431. The number of thiol groups is 1. The maximum absolute atomic E-state index is 13.0. The number of benzene rings is 1. The van der Waals surface area contributed by atoms with Gasteiger partial charge < -0.3 is 44.0 Å². The van der Waals surface area contributed by atoms with Gasteiger partial charge in [-0.25, -0.2) is 4.79 Å². The van der Waals surface area contributed by atoms with Crippen LogP contribution in [0.2, 0.25) is 0 Å². The highest BCUT2D eigenvalue weighted by Gasteiger charge is 2.29. The number of carbonyl (C=O) groups excluding carboxylic acids is 3. The molecular formula is C24H40N8O5S. The van der Waals surface area contributed by atoms with Gasteiger partial charge in [-0.1, -0.05) is 30.3 Å². The summed E-state index contributed by atoms with van der Waals surface area (Å²) >= 11 is 4.16. The van der Waals surface area contributed by atoms with Gasteiger partial charge in [-0.2, -0.15) is 12.6 Å². The number of nitrogens with one attached hydrogen (secondary N) is 3. The highest BCUT2D eigenvalue weighted by atomic mass is 32.1. The molecule has 14 heteroatoms. The lowest BCUT2D eigenvalue weighted by molar-refractivity contribution is -0.142. The van der Waals surface area contributed by atoms with Crippen LogP contribution in [0.1, 0.15) is 37.7 Å². The number of guanidine groups is 1. The number of nitrogens with zero attached hydrogens (tertiary/aromatic N) is 1. The fourth-order valence-electron chi connectivity index (χ4n) is 3.50. The van der Waals surface area contributed by atoms with Crippen molar-refractivity contribution in [1.29, 1.82) is 0 Å². The normalized spacial score (nSPS) is 13.9. The molecule has 4 atom stereocenters. The Labute approximate surface area is 228 Å². The summed E-state index contributed by atoms with van der Waals surface area (Å²) in [5.41, 5.74) is 23.0. The molecule has 0 saturated carbocycles. The van der Waals surface area contributed by atoms with E-state index in [1.807, 2.05) is 30.3 Å². The average Bonchev–Trinajstić information content (AvgIpc) is 2.88. The molecule has 0 aromatic heterocycles. The van der Waals surface area contributed by atoms with Gasteiger partial charge in [0.05, 0.1) is 6.04 Å². The van der Waals surface area contributed by atoms with E-state index in [1.165, 1.54) is 0 Å². The van der Waals surface area contributed by atoms with E-state index in [0.717, 1.165) is 5.56 Å². The van der Waals surface area contributed by atoms with Gasteiger partial charge in [-0.3, -0.25) is 19.4 Å². The van der Waals surface area contributed by atoms with E-state index < -0.39 is 47.9 Å². The minimum Gasteiger partial charge on any atom is -0.480 e. The molecule has 0 aliphatic rings. The van der Waals surface area contributed by atoms with Crippen LogP contribution in [0.15, 0.2) is 35.3 Å². The highest BCUT2D eigenvalue weighted by molar-refractivity contribution is 7.80. The Morgan fingerprint density at radius 2 is 1.45 bits per heavy atom. The predicted octanol–water partition coefficient (Wildman–Crippen LogP) is -1.79. The van der Waals surface area contributed by atoms with E-state index in [0.29, 0.717) is 25.8 Å². The van der Waals surface area contributed by atoms with E-state index in [2.05, 4.69) is 33.6 Å². The number of rotatable bonds is 18. The number of carboxylic acid groups (broad SMARTS) is 1. The standard InChI is InChI=1S/C24H40N8O5S/c25-11-5-4-9-17(21(34)31-18(23(36)37)10-6-12-29-24(27)28)30-22(35)19(14-38)32-20(33)16(26)13-15-7-2-1-3-8-15/h1-3,7-8,16-19,38H,4-6,9-14,25-26H2,(H,30,35)(H,31,34)(H,32,33)(H,36,37)(H4,27,28,29). The first-order chi connectivity index (χ1) is 18.1. The van der Waals surface area contributed by atoms with Gasteiger partial charge in [0, 0.05) is 12.3 Å². The third-order valence-electron chi connectivity index (χ3n) is 5.59. The van der Waals surface area contributed by atoms with Crippen molar-refractivity contribution in [2.45, 2.75) is 62.7 Å². The minimum atomic E-state index is -1.23. The van der Waals surface area contributed by atoms with Gasteiger partial charge in [0.25, 0.3) is 0 Å². The summed E-state index contributed by atoms with van der Waals surface area (Å²) in [6.45, 7) is 0.591. The van der Waals surface area contributed by atoms with E-state index >= 15 is 0 Å². The summed E-state index contributed by atoms with van der Waals surface area (Å²) < 4.78 is 0. The van der Waals surface area contributed by atoms with E-state index in [1.54, 1.807) is 0 Å². The number of carbonyl (C=O) groups is 4. The first-order valence-electron chi connectivity index (χ1n) is 12.4. The second-order valence-electron chi connectivity index (χ2n) is 8.73. The molecule has 0 aliphatic carbocycles. The van der Waals surface area contributed by atoms with Crippen LogP contribution in [-0.4, -0.2) is 77.8 Å². The molecule has 0 spiro atoms. The summed E-state index contributed by atoms with van der Waals surface area (Å²) in [5.74, 6) is -3.25. The Kier molecular flexibility index (Phi) is 15.5. The lowest BCUT2D eigenvalue weighted by Crippen LogP contribution is -2.57. The Hall–Kier alpha value is -3.36. The molecule has 0 heterocycles. The molecule has 3 amide bonds. The van der Waals surface area contributed by atoms with Crippen molar-refractivity contribution in [3.05, 3.63) is 35.9 Å². The topological polar surface area (TPSA) is 241 Å². The van der Waals surface area contributed by atoms with Crippen molar-refractivity contribution in [3.8, 4) is 0 Å². The number of unbranched alkanes of at least 4 members (excludes halogenated alkanes) is 1. The number of aliphatic carboxylic acids is 1. The SMILES string of the molecule is NCCCCC(NC(=O)C(CS)NC(=O)C(N)Cc1ccccc1)C(=O)NC(CCCN=C(N)N)C(=O)O. The fraction of sp³-hybridized carbons (Fsp3) is 0.542. The van der Waals surface area contributed by atoms with Crippen molar-refractivity contribution in [3.63, 3.8) is 0 Å². The van der Waals surface area contributed by atoms with Gasteiger partial charge in [-0.15, -0.1) is 0 Å². The van der Waals surface area contributed by atoms with Crippen molar-refractivity contribution in [1.82, 2.24) is 16.0 Å². The number of hydrogen-bond acceptors (Lipinski definition) is 8. The average molecular weight is 553 g/mol. The molecule has 12 N–H and O–H groups in total. The molecular weight excluding hydrogens is 512 g/mol. The molecule has 0 bridgehead atoms. The maximum atomic E-state index is 13.0. The third kappa shape index (κ3) is 12.7. The molecule has 1 aromatic rings. The Bertz CT molecular complexity index is 930. The first kappa shape index (κ1) is 32.7. The maximum Gasteiger partial charge on any atom is 0.326 e. The smallest absolute Gasteiger partial charge is 0.326 e. The zero-order valence-electron chi connectivity index (χ0n) is 21.3. The molecule has 1 rings (SSSR count). The van der Waals surface area contributed by atoms with Crippen molar-refractivity contribution < 1.29 is 24.3 Å². The molecule has 0 radical (unpaired) electrons. The summed E-state index contributed by atoms with van der Waals surface area (Å²) in [7, 11) is 0. The van der Waals surface area contributed by atoms with Gasteiger partial charge in [-0.05, 0) is 50.6 Å². The highest BCUT2D eigenvalue weighted by Crippen LogP contribution is 2.06.